The first kappa shape index (κ1) is 19.5. The molecule has 3 aromatic rings. The van der Waals surface area contributed by atoms with Crippen LogP contribution in [0.15, 0.2) is 47.1 Å². The molecule has 1 aromatic carbocycles. The van der Waals surface area contributed by atoms with E-state index in [2.05, 4.69) is 11.2 Å². The van der Waals surface area contributed by atoms with Crippen molar-refractivity contribution in [1.82, 2.24) is 19.2 Å². The van der Waals surface area contributed by atoms with E-state index < -0.39 is 5.91 Å². The highest BCUT2D eigenvalue weighted by Crippen LogP contribution is 2.19. The van der Waals surface area contributed by atoms with E-state index in [1.54, 1.807) is 33.7 Å². The van der Waals surface area contributed by atoms with Crippen LogP contribution in [0.5, 0.6) is 0 Å². The highest BCUT2D eigenvalue weighted by molar-refractivity contribution is 7.71. The van der Waals surface area contributed by atoms with E-state index in [0.29, 0.717) is 41.7 Å². The highest BCUT2D eigenvalue weighted by Gasteiger charge is 2.16. The standard InChI is InChI=1S/C19H20N6O2S/c1-23(12-15-5-2-4-14(10-15)11-20)13-25-19(28)24(8-7-17(21)26)18(22-25)16-6-3-9-27-16/h2-6,9-10H,7-8,12-13H2,1H3,(H2,21,26). The molecule has 0 fully saturated rings. The van der Waals surface area contributed by atoms with Crippen molar-refractivity contribution in [2.75, 3.05) is 7.05 Å². The number of primary amides is 1. The predicted molar refractivity (Wildman–Crippen MR) is 105 cm³/mol. The van der Waals surface area contributed by atoms with E-state index in [-0.39, 0.29) is 6.42 Å². The van der Waals surface area contributed by atoms with Crippen molar-refractivity contribution < 1.29 is 9.21 Å². The molecule has 9 heteroatoms. The summed E-state index contributed by atoms with van der Waals surface area (Å²) in [7, 11) is 1.94. The molecule has 0 saturated carbocycles. The maximum atomic E-state index is 11.2. The van der Waals surface area contributed by atoms with E-state index in [1.165, 1.54) is 0 Å². The van der Waals surface area contributed by atoms with Gasteiger partial charge in [-0.25, -0.2) is 4.68 Å². The summed E-state index contributed by atoms with van der Waals surface area (Å²) < 4.78 is 9.37. The van der Waals surface area contributed by atoms with Crippen molar-refractivity contribution in [2.24, 2.45) is 5.73 Å². The zero-order chi connectivity index (χ0) is 20.1. The van der Waals surface area contributed by atoms with Crippen molar-refractivity contribution in [3.63, 3.8) is 0 Å². The van der Waals surface area contributed by atoms with Gasteiger partial charge in [0, 0.05) is 19.5 Å². The number of nitrogens with zero attached hydrogens (tertiary/aromatic N) is 5. The van der Waals surface area contributed by atoms with Gasteiger partial charge in [-0.1, -0.05) is 12.1 Å². The number of aromatic nitrogens is 3. The van der Waals surface area contributed by atoms with Gasteiger partial charge in [-0.3, -0.25) is 14.3 Å². The summed E-state index contributed by atoms with van der Waals surface area (Å²) in [6.07, 6.45) is 1.72. The third-order valence-corrected chi connectivity index (χ3v) is 4.56. The van der Waals surface area contributed by atoms with Crippen LogP contribution in [0, 0.1) is 16.1 Å². The Morgan fingerprint density at radius 1 is 1.39 bits per heavy atom. The lowest BCUT2D eigenvalue weighted by Gasteiger charge is -2.16. The maximum Gasteiger partial charge on any atom is 0.219 e. The topological polar surface area (TPSA) is 106 Å². The van der Waals surface area contributed by atoms with Gasteiger partial charge in [0.1, 0.15) is 0 Å². The monoisotopic (exact) mass is 396 g/mol. The van der Waals surface area contributed by atoms with Gasteiger partial charge < -0.3 is 10.2 Å². The average molecular weight is 396 g/mol. The Labute approximate surface area is 167 Å². The Balaban J connectivity index is 1.83. The molecule has 0 saturated heterocycles. The number of benzene rings is 1. The first-order valence-electron chi connectivity index (χ1n) is 8.65. The summed E-state index contributed by atoms with van der Waals surface area (Å²) in [4.78, 5) is 13.2. The largest absolute Gasteiger partial charge is 0.461 e. The second-order valence-corrected chi connectivity index (χ2v) is 6.78. The first-order chi connectivity index (χ1) is 13.5. The number of amides is 1. The highest BCUT2D eigenvalue weighted by atomic mass is 32.1. The predicted octanol–water partition coefficient (Wildman–Crippen LogP) is 2.51. The Kier molecular flexibility index (Phi) is 6.03. The van der Waals surface area contributed by atoms with Gasteiger partial charge in [-0.05, 0) is 49.1 Å². The van der Waals surface area contributed by atoms with E-state index in [1.807, 2.05) is 30.1 Å². The van der Waals surface area contributed by atoms with Crippen LogP contribution >= 0.6 is 12.2 Å². The molecular weight excluding hydrogens is 376 g/mol. The molecule has 0 atom stereocenters. The van der Waals surface area contributed by atoms with Gasteiger partial charge >= 0.3 is 0 Å². The van der Waals surface area contributed by atoms with Crippen LogP contribution in [-0.4, -0.2) is 32.2 Å². The molecular formula is C19H20N6O2S. The number of carbonyl (C=O) groups excluding carboxylic acids is 1. The third kappa shape index (κ3) is 4.54. The Morgan fingerprint density at radius 3 is 2.89 bits per heavy atom. The van der Waals surface area contributed by atoms with Crippen LogP contribution in [-0.2, 0) is 24.6 Å². The Bertz CT molecular complexity index is 1060. The number of hydrogen-bond donors (Lipinski definition) is 1. The first-order valence-corrected chi connectivity index (χ1v) is 9.06. The van der Waals surface area contributed by atoms with Crippen LogP contribution in [0.4, 0.5) is 0 Å². The van der Waals surface area contributed by atoms with Crippen molar-refractivity contribution >= 4 is 18.1 Å². The van der Waals surface area contributed by atoms with E-state index >= 15 is 0 Å². The van der Waals surface area contributed by atoms with Gasteiger partial charge in [0.2, 0.25) is 5.91 Å². The van der Waals surface area contributed by atoms with Crippen LogP contribution in [0.2, 0.25) is 0 Å². The second-order valence-electron chi connectivity index (χ2n) is 6.42. The Morgan fingerprint density at radius 2 is 2.21 bits per heavy atom. The normalized spacial score (nSPS) is 10.9. The van der Waals surface area contributed by atoms with E-state index in [9.17, 15) is 4.79 Å². The molecule has 0 unspecified atom stereocenters. The third-order valence-electron chi connectivity index (χ3n) is 4.13. The average Bonchev–Trinajstić information content (AvgIpc) is 3.29. The number of furan rings is 1. The molecule has 2 heterocycles. The molecule has 144 valence electrons. The minimum absolute atomic E-state index is 0.157. The lowest BCUT2D eigenvalue weighted by molar-refractivity contribution is -0.118. The summed E-state index contributed by atoms with van der Waals surface area (Å²) >= 11 is 5.56. The SMILES string of the molecule is CN(Cc1cccc(C#N)c1)Cn1nc(-c2ccco2)n(CCC(N)=O)c1=S. The minimum atomic E-state index is -0.408. The number of rotatable bonds is 8. The van der Waals surface area contributed by atoms with Crippen molar-refractivity contribution in [3.05, 3.63) is 58.6 Å². The van der Waals surface area contributed by atoms with Crippen molar-refractivity contribution in [1.29, 1.82) is 5.26 Å². The number of carbonyl (C=O) groups is 1. The number of nitriles is 1. The molecule has 2 N–H and O–H groups in total. The van der Waals surface area contributed by atoms with Crippen molar-refractivity contribution in [3.8, 4) is 17.7 Å². The summed E-state index contributed by atoms with van der Waals surface area (Å²) in [5, 5.41) is 13.6. The lowest BCUT2D eigenvalue weighted by Crippen LogP contribution is -2.22. The fourth-order valence-electron chi connectivity index (χ4n) is 2.87. The molecule has 0 aliphatic rings. The smallest absolute Gasteiger partial charge is 0.219 e. The maximum absolute atomic E-state index is 11.2. The summed E-state index contributed by atoms with van der Waals surface area (Å²) in [6, 6.07) is 13.2. The van der Waals surface area contributed by atoms with Gasteiger partial charge in [0.15, 0.2) is 16.4 Å². The van der Waals surface area contributed by atoms with Crippen LogP contribution in [0.1, 0.15) is 17.5 Å². The second kappa shape index (κ2) is 8.65. The fraction of sp³-hybridized carbons (Fsp3) is 0.263. The molecule has 0 radical (unpaired) electrons. The van der Waals surface area contributed by atoms with E-state index in [4.69, 9.17) is 27.6 Å². The van der Waals surface area contributed by atoms with Crippen LogP contribution in [0.3, 0.4) is 0 Å². The summed E-state index contributed by atoms with van der Waals surface area (Å²) in [5.41, 5.74) is 6.93. The number of hydrogen-bond acceptors (Lipinski definition) is 6. The minimum Gasteiger partial charge on any atom is -0.461 e. The van der Waals surface area contributed by atoms with Gasteiger partial charge in [-0.15, -0.1) is 5.10 Å². The van der Waals surface area contributed by atoms with Gasteiger partial charge in [0.05, 0.1) is 24.6 Å². The quantitative estimate of drug-likeness (QED) is 0.587. The molecule has 2 aromatic heterocycles. The Hall–Kier alpha value is -3.22. The molecule has 0 spiro atoms. The van der Waals surface area contributed by atoms with E-state index in [0.717, 1.165) is 5.56 Å². The lowest BCUT2D eigenvalue weighted by atomic mass is 10.1. The van der Waals surface area contributed by atoms with Crippen LogP contribution in [0.25, 0.3) is 11.6 Å². The van der Waals surface area contributed by atoms with Gasteiger partial charge in [-0.2, -0.15) is 5.26 Å². The van der Waals surface area contributed by atoms with Crippen molar-refractivity contribution in [2.45, 2.75) is 26.2 Å². The van der Waals surface area contributed by atoms with Crippen LogP contribution < -0.4 is 5.73 Å². The zero-order valence-electron chi connectivity index (χ0n) is 15.4. The molecule has 3 rings (SSSR count). The molecule has 0 aliphatic heterocycles. The molecule has 1 amide bonds. The molecule has 28 heavy (non-hydrogen) atoms. The van der Waals surface area contributed by atoms with Gasteiger partial charge in [0.25, 0.3) is 0 Å². The molecule has 8 nitrogen and oxygen atoms in total. The summed E-state index contributed by atoms with van der Waals surface area (Å²) in [6.45, 7) is 1.40. The number of nitrogens with two attached hydrogens (primary N) is 1. The fourth-order valence-corrected chi connectivity index (χ4v) is 3.15. The summed E-state index contributed by atoms with van der Waals surface area (Å²) in [5.74, 6) is 0.712. The molecule has 0 bridgehead atoms. The molecule has 0 aliphatic carbocycles. The zero-order valence-corrected chi connectivity index (χ0v) is 16.2.